The monoisotopic (exact) mass is 450 g/mol. The zero-order valence-corrected chi connectivity index (χ0v) is 18.6. The van der Waals surface area contributed by atoms with Crippen molar-refractivity contribution < 1.29 is 13.9 Å². The minimum atomic E-state index is -0.681. The molecule has 0 radical (unpaired) electrons. The molecule has 1 atom stereocenters. The third-order valence-corrected chi connectivity index (χ3v) is 5.43. The SMILES string of the molecule is CC(C)c1cc(-c2c(F)cccc2F)nnc1C(C)c1cncc(-c2ccn(CCO)n2)n1. The predicted octanol–water partition coefficient (Wildman–Crippen LogP) is 4.34. The van der Waals surface area contributed by atoms with Gasteiger partial charge in [-0.2, -0.15) is 15.3 Å². The molecule has 0 bridgehead atoms. The third kappa shape index (κ3) is 4.63. The van der Waals surface area contributed by atoms with Gasteiger partial charge in [-0.3, -0.25) is 9.67 Å². The molecule has 9 heteroatoms. The van der Waals surface area contributed by atoms with Crippen LogP contribution in [0.15, 0.2) is 48.9 Å². The summed E-state index contributed by atoms with van der Waals surface area (Å²) in [6, 6.07) is 7.23. The van der Waals surface area contributed by atoms with Crippen molar-refractivity contribution >= 4 is 0 Å². The Morgan fingerprint density at radius 1 is 0.970 bits per heavy atom. The molecule has 0 saturated heterocycles. The maximum absolute atomic E-state index is 14.3. The Bertz CT molecular complexity index is 1250. The summed E-state index contributed by atoms with van der Waals surface area (Å²) in [6.45, 7) is 6.31. The molecule has 0 aliphatic heterocycles. The molecule has 4 rings (SSSR count). The van der Waals surface area contributed by atoms with Gasteiger partial charge < -0.3 is 5.11 Å². The first-order valence-electron chi connectivity index (χ1n) is 10.7. The van der Waals surface area contributed by atoms with Gasteiger partial charge in [0.2, 0.25) is 0 Å². The smallest absolute Gasteiger partial charge is 0.135 e. The average Bonchev–Trinajstić information content (AvgIpc) is 3.27. The van der Waals surface area contributed by atoms with E-state index in [2.05, 4.69) is 20.3 Å². The van der Waals surface area contributed by atoms with Gasteiger partial charge in [0.1, 0.15) is 23.0 Å². The lowest BCUT2D eigenvalue weighted by atomic mass is 9.92. The van der Waals surface area contributed by atoms with Gasteiger partial charge in [-0.15, -0.1) is 0 Å². The second-order valence-electron chi connectivity index (χ2n) is 8.06. The van der Waals surface area contributed by atoms with E-state index in [1.807, 2.05) is 26.8 Å². The number of nitrogens with zero attached hydrogens (tertiary/aromatic N) is 6. The van der Waals surface area contributed by atoms with Crippen LogP contribution in [-0.4, -0.2) is 41.7 Å². The van der Waals surface area contributed by atoms with E-state index in [0.717, 1.165) is 5.56 Å². The van der Waals surface area contributed by atoms with Crippen molar-refractivity contribution in [1.82, 2.24) is 29.9 Å². The molecule has 0 spiro atoms. The highest BCUT2D eigenvalue weighted by molar-refractivity contribution is 5.61. The van der Waals surface area contributed by atoms with E-state index < -0.39 is 11.6 Å². The van der Waals surface area contributed by atoms with Crippen molar-refractivity contribution in [3.63, 3.8) is 0 Å². The van der Waals surface area contributed by atoms with Crippen molar-refractivity contribution in [2.24, 2.45) is 0 Å². The normalized spacial score (nSPS) is 12.3. The van der Waals surface area contributed by atoms with E-state index >= 15 is 0 Å². The Morgan fingerprint density at radius 2 is 1.73 bits per heavy atom. The van der Waals surface area contributed by atoms with Crippen LogP contribution in [0, 0.1) is 11.6 Å². The topological polar surface area (TPSA) is 89.6 Å². The Hall–Kier alpha value is -3.59. The Morgan fingerprint density at radius 3 is 2.42 bits per heavy atom. The molecule has 3 heterocycles. The maximum Gasteiger partial charge on any atom is 0.135 e. The lowest BCUT2D eigenvalue weighted by Gasteiger charge is -2.18. The molecular weight excluding hydrogens is 426 g/mol. The second kappa shape index (κ2) is 9.50. The number of aromatic nitrogens is 6. The zero-order valence-electron chi connectivity index (χ0n) is 18.6. The Kier molecular flexibility index (Phi) is 6.50. The van der Waals surface area contributed by atoms with E-state index in [0.29, 0.717) is 29.3 Å². The average molecular weight is 450 g/mol. The van der Waals surface area contributed by atoms with E-state index in [4.69, 9.17) is 10.1 Å². The fourth-order valence-electron chi connectivity index (χ4n) is 3.66. The summed E-state index contributed by atoms with van der Waals surface area (Å²) in [6.07, 6.45) is 5.06. The van der Waals surface area contributed by atoms with Crippen LogP contribution in [-0.2, 0) is 6.54 Å². The van der Waals surface area contributed by atoms with Crippen molar-refractivity contribution in [2.75, 3.05) is 6.61 Å². The highest BCUT2D eigenvalue weighted by atomic mass is 19.1. The summed E-state index contributed by atoms with van der Waals surface area (Å²) in [5, 5.41) is 22.0. The van der Waals surface area contributed by atoms with Crippen molar-refractivity contribution in [2.45, 2.75) is 39.2 Å². The van der Waals surface area contributed by atoms with Crippen LogP contribution in [0.2, 0.25) is 0 Å². The number of aliphatic hydroxyl groups excluding tert-OH is 1. The van der Waals surface area contributed by atoms with Crippen LogP contribution >= 0.6 is 0 Å². The highest BCUT2D eigenvalue weighted by Crippen LogP contribution is 2.32. The molecule has 0 saturated carbocycles. The molecule has 1 unspecified atom stereocenters. The van der Waals surface area contributed by atoms with Gasteiger partial charge in [-0.1, -0.05) is 26.8 Å². The largest absolute Gasteiger partial charge is 0.394 e. The first kappa shape index (κ1) is 22.6. The van der Waals surface area contributed by atoms with Gasteiger partial charge in [0.15, 0.2) is 0 Å². The van der Waals surface area contributed by atoms with Gasteiger partial charge >= 0.3 is 0 Å². The summed E-state index contributed by atoms with van der Waals surface area (Å²) in [5.74, 6) is -1.59. The molecule has 7 nitrogen and oxygen atoms in total. The molecule has 1 aromatic carbocycles. The van der Waals surface area contributed by atoms with Gasteiger partial charge in [0.05, 0.1) is 42.0 Å². The molecular formula is C24H24F2N6O. The van der Waals surface area contributed by atoms with Crippen LogP contribution in [0.4, 0.5) is 8.78 Å². The van der Waals surface area contributed by atoms with Gasteiger partial charge in [-0.05, 0) is 35.7 Å². The first-order chi connectivity index (χ1) is 15.9. The fourth-order valence-corrected chi connectivity index (χ4v) is 3.66. The van der Waals surface area contributed by atoms with E-state index in [1.165, 1.54) is 18.2 Å². The summed E-state index contributed by atoms with van der Waals surface area (Å²) in [4.78, 5) is 9.03. The Balaban J connectivity index is 1.71. The number of rotatable bonds is 7. The van der Waals surface area contributed by atoms with Crippen LogP contribution in [0.3, 0.4) is 0 Å². The van der Waals surface area contributed by atoms with Gasteiger partial charge in [0, 0.05) is 18.3 Å². The molecule has 33 heavy (non-hydrogen) atoms. The maximum atomic E-state index is 14.3. The van der Waals surface area contributed by atoms with Gasteiger partial charge in [0.25, 0.3) is 0 Å². The van der Waals surface area contributed by atoms with Crippen molar-refractivity contribution in [3.05, 3.63) is 77.5 Å². The molecule has 170 valence electrons. The zero-order chi connectivity index (χ0) is 23.5. The van der Waals surface area contributed by atoms with Crippen molar-refractivity contribution in [3.8, 4) is 22.6 Å². The molecule has 0 amide bonds. The summed E-state index contributed by atoms with van der Waals surface area (Å²) < 4.78 is 30.2. The fraction of sp³-hybridized carbons (Fsp3) is 0.292. The van der Waals surface area contributed by atoms with Gasteiger partial charge in [-0.25, -0.2) is 13.8 Å². The number of benzene rings is 1. The molecule has 1 N–H and O–H groups in total. The van der Waals surface area contributed by atoms with Crippen LogP contribution in [0.1, 0.15) is 49.6 Å². The lowest BCUT2D eigenvalue weighted by molar-refractivity contribution is 0.269. The van der Waals surface area contributed by atoms with Crippen LogP contribution < -0.4 is 0 Å². The molecule has 3 aromatic heterocycles. The molecule has 0 fully saturated rings. The minimum absolute atomic E-state index is 0.00665. The summed E-state index contributed by atoms with van der Waals surface area (Å²) >= 11 is 0. The highest BCUT2D eigenvalue weighted by Gasteiger charge is 2.22. The van der Waals surface area contributed by atoms with E-state index in [-0.39, 0.29) is 29.7 Å². The standard InChI is InChI=1S/C24H24F2N6O/c1-14(2)16-11-20(23-17(25)5-4-6-18(23)26)29-30-24(16)15(3)21-12-27-13-22(28-21)19-7-8-32(31-19)9-10-33/h4-8,11-15,33H,9-10H2,1-3H3. The number of aliphatic hydroxyl groups is 1. The summed E-state index contributed by atoms with van der Waals surface area (Å²) in [7, 11) is 0. The Labute approximate surface area is 190 Å². The lowest BCUT2D eigenvalue weighted by Crippen LogP contribution is -2.10. The molecule has 0 aliphatic carbocycles. The molecule has 4 aromatic rings. The number of hydrogen-bond acceptors (Lipinski definition) is 6. The molecule has 0 aliphatic rings. The van der Waals surface area contributed by atoms with E-state index in [9.17, 15) is 8.78 Å². The third-order valence-electron chi connectivity index (χ3n) is 5.43. The first-order valence-corrected chi connectivity index (χ1v) is 10.7. The van der Waals surface area contributed by atoms with E-state index in [1.54, 1.807) is 29.3 Å². The van der Waals surface area contributed by atoms with Crippen LogP contribution in [0.5, 0.6) is 0 Å². The second-order valence-corrected chi connectivity index (χ2v) is 8.06. The summed E-state index contributed by atoms with van der Waals surface area (Å²) in [5.41, 5.74) is 3.37. The van der Waals surface area contributed by atoms with Crippen molar-refractivity contribution in [1.29, 1.82) is 0 Å². The minimum Gasteiger partial charge on any atom is -0.394 e. The number of halogens is 2. The predicted molar refractivity (Wildman–Crippen MR) is 119 cm³/mol. The quantitative estimate of drug-likeness (QED) is 0.450. The van der Waals surface area contributed by atoms with Crippen LogP contribution in [0.25, 0.3) is 22.6 Å². The number of hydrogen-bond donors (Lipinski definition) is 1.